The zero-order chi connectivity index (χ0) is 16.7. The Morgan fingerprint density at radius 2 is 2.13 bits per heavy atom. The summed E-state index contributed by atoms with van der Waals surface area (Å²) in [6.45, 7) is 12.4. The first kappa shape index (κ1) is 17.9. The second-order valence-corrected chi connectivity index (χ2v) is 6.90. The fraction of sp³-hybridized carbons (Fsp3) is 0.611. The van der Waals surface area contributed by atoms with E-state index < -0.39 is 0 Å². The molecule has 1 unspecified atom stereocenters. The summed E-state index contributed by atoms with van der Waals surface area (Å²) in [7, 11) is 0. The van der Waals surface area contributed by atoms with Crippen LogP contribution in [0.25, 0.3) is 0 Å². The average molecular weight is 321 g/mol. The van der Waals surface area contributed by atoms with Crippen LogP contribution in [0.2, 0.25) is 0 Å². The van der Waals surface area contributed by atoms with Crippen LogP contribution in [0.4, 0.5) is 5.69 Å². The van der Waals surface area contributed by atoms with Gasteiger partial charge in [-0.25, -0.2) is 0 Å². The summed E-state index contributed by atoms with van der Waals surface area (Å²) in [4.78, 5) is 12.7. The Hall–Kier alpha value is -1.43. The minimum absolute atomic E-state index is 0.0350. The van der Waals surface area contributed by atoms with Crippen LogP contribution in [0.5, 0.6) is 0 Å². The molecule has 0 saturated carbocycles. The maximum atomic E-state index is 11.0. The number of carbonyl (C=O) groups is 1. The molecule has 1 amide bonds. The molecule has 128 valence electrons. The van der Waals surface area contributed by atoms with E-state index >= 15 is 0 Å². The highest BCUT2D eigenvalue weighted by molar-refractivity contribution is 5.88. The summed E-state index contributed by atoms with van der Waals surface area (Å²) < 4.78 is 5.89. The normalized spacial score (nSPS) is 21.4. The van der Waals surface area contributed by atoms with Crippen molar-refractivity contribution in [3.8, 4) is 0 Å². The first-order chi connectivity index (χ1) is 11.0. The molecule has 1 heterocycles. The lowest BCUT2D eigenvalue weighted by atomic mass is 10.1. The van der Waals surface area contributed by atoms with E-state index in [0.29, 0.717) is 6.10 Å². The molecule has 1 aliphatic heterocycles. The van der Waals surface area contributed by atoms with Gasteiger partial charge in [0.2, 0.25) is 5.91 Å². The molecule has 5 heteroatoms. The molecular formula is C18H31N3O2+2. The Morgan fingerprint density at radius 3 is 2.78 bits per heavy atom. The largest absolute Gasteiger partial charge is 0.361 e. The van der Waals surface area contributed by atoms with Crippen molar-refractivity contribution in [1.82, 2.24) is 0 Å². The summed E-state index contributed by atoms with van der Waals surface area (Å²) in [5, 5.41) is 5.10. The number of benzene rings is 1. The van der Waals surface area contributed by atoms with E-state index in [0.717, 1.165) is 44.4 Å². The van der Waals surface area contributed by atoms with Gasteiger partial charge in [-0.2, -0.15) is 0 Å². The summed E-state index contributed by atoms with van der Waals surface area (Å²) in [5.41, 5.74) is 2.12. The molecular weight excluding hydrogens is 290 g/mol. The van der Waals surface area contributed by atoms with Crippen molar-refractivity contribution in [2.45, 2.75) is 33.4 Å². The van der Waals surface area contributed by atoms with Gasteiger partial charge < -0.3 is 20.3 Å². The van der Waals surface area contributed by atoms with Crippen molar-refractivity contribution in [3.63, 3.8) is 0 Å². The number of hydrogen-bond donors (Lipinski definition) is 3. The Bertz CT molecular complexity index is 488. The molecule has 1 aromatic carbocycles. The number of quaternary nitrogens is 2. The molecule has 1 aliphatic rings. The summed E-state index contributed by atoms with van der Waals surface area (Å²) >= 11 is 0. The molecule has 0 bridgehead atoms. The fourth-order valence-electron chi connectivity index (χ4n) is 3.13. The fourth-order valence-corrected chi connectivity index (χ4v) is 3.13. The number of morpholine rings is 1. The van der Waals surface area contributed by atoms with Crippen LogP contribution < -0.4 is 15.5 Å². The highest BCUT2D eigenvalue weighted by Gasteiger charge is 2.25. The molecule has 0 spiro atoms. The van der Waals surface area contributed by atoms with Gasteiger partial charge in [-0.05, 0) is 12.1 Å². The van der Waals surface area contributed by atoms with Crippen LogP contribution in [0, 0.1) is 5.92 Å². The van der Waals surface area contributed by atoms with Gasteiger partial charge >= 0.3 is 0 Å². The number of nitrogens with one attached hydrogen (secondary N) is 2. The smallest absolute Gasteiger partial charge is 0.221 e. The van der Waals surface area contributed by atoms with E-state index in [2.05, 4.69) is 36.6 Å². The SMILES string of the molecule is CC(=O)Nc1ccc(C[NH2+]C[C@H]2C[NH+](CC(C)C)CCO2)cc1. The van der Waals surface area contributed by atoms with Crippen molar-refractivity contribution in [2.24, 2.45) is 5.92 Å². The molecule has 0 radical (unpaired) electrons. The predicted octanol–water partition coefficient (Wildman–Crippen LogP) is -0.352. The van der Waals surface area contributed by atoms with Gasteiger partial charge in [-0.1, -0.05) is 26.0 Å². The van der Waals surface area contributed by atoms with E-state index in [1.54, 1.807) is 4.90 Å². The number of amides is 1. The molecule has 0 aromatic heterocycles. The maximum absolute atomic E-state index is 11.0. The van der Waals surface area contributed by atoms with Gasteiger partial charge in [0.25, 0.3) is 0 Å². The Labute approximate surface area is 139 Å². The predicted molar refractivity (Wildman–Crippen MR) is 91.4 cm³/mol. The lowest BCUT2D eigenvalue weighted by Crippen LogP contribution is -3.16. The van der Waals surface area contributed by atoms with Crippen LogP contribution in [0.1, 0.15) is 26.3 Å². The van der Waals surface area contributed by atoms with Gasteiger partial charge in [0.1, 0.15) is 26.2 Å². The van der Waals surface area contributed by atoms with Crippen molar-refractivity contribution in [1.29, 1.82) is 0 Å². The summed E-state index contributed by atoms with van der Waals surface area (Å²) in [5.74, 6) is 0.710. The zero-order valence-electron chi connectivity index (χ0n) is 14.6. The van der Waals surface area contributed by atoms with Gasteiger partial charge in [0.05, 0.1) is 13.2 Å². The minimum Gasteiger partial charge on any atom is -0.361 e. The van der Waals surface area contributed by atoms with Gasteiger partial charge in [-0.3, -0.25) is 4.79 Å². The third-order valence-corrected chi connectivity index (χ3v) is 4.11. The number of ether oxygens (including phenoxy) is 1. The first-order valence-corrected chi connectivity index (χ1v) is 8.66. The second-order valence-electron chi connectivity index (χ2n) is 6.90. The molecule has 23 heavy (non-hydrogen) atoms. The minimum atomic E-state index is -0.0350. The molecule has 1 aromatic rings. The van der Waals surface area contributed by atoms with E-state index in [1.807, 2.05) is 12.1 Å². The molecule has 1 fully saturated rings. The number of carbonyl (C=O) groups excluding carboxylic acids is 1. The summed E-state index contributed by atoms with van der Waals surface area (Å²) in [6.07, 6.45) is 0.358. The van der Waals surface area contributed by atoms with Crippen molar-refractivity contribution in [2.75, 3.05) is 38.1 Å². The number of hydrogen-bond acceptors (Lipinski definition) is 2. The maximum Gasteiger partial charge on any atom is 0.221 e. The number of nitrogens with two attached hydrogens (primary N) is 1. The van der Waals surface area contributed by atoms with Crippen molar-refractivity contribution < 1.29 is 19.7 Å². The molecule has 1 saturated heterocycles. The van der Waals surface area contributed by atoms with Crippen LogP contribution in [-0.4, -0.2) is 44.8 Å². The lowest BCUT2D eigenvalue weighted by molar-refractivity contribution is -0.917. The lowest BCUT2D eigenvalue weighted by Gasteiger charge is -2.30. The molecule has 2 rings (SSSR count). The monoisotopic (exact) mass is 321 g/mol. The van der Waals surface area contributed by atoms with Crippen LogP contribution in [0.15, 0.2) is 24.3 Å². The molecule has 5 nitrogen and oxygen atoms in total. The molecule has 0 aliphatic carbocycles. The quantitative estimate of drug-likeness (QED) is 0.643. The van der Waals surface area contributed by atoms with E-state index in [4.69, 9.17) is 4.74 Å². The van der Waals surface area contributed by atoms with Crippen LogP contribution >= 0.6 is 0 Å². The second kappa shape index (κ2) is 9.01. The Balaban J connectivity index is 1.71. The highest BCUT2D eigenvalue weighted by Crippen LogP contribution is 2.08. The van der Waals surface area contributed by atoms with Crippen molar-refractivity contribution >= 4 is 11.6 Å². The zero-order valence-corrected chi connectivity index (χ0v) is 14.6. The Morgan fingerprint density at radius 1 is 1.39 bits per heavy atom. The molecule has 4 N–H and O–H groups in total. The van der Waals surface area contributed by atoms with Gasteiger partial charge in [0, 0.05) is 24.1 Å². The average Bonchev–Trinajstić information content (AvgIpc) is 2.48. The summed E-state index contributed by atoms with van der Waals surface area (Å²) in [6, 6.07) is 8.05. The third kappa shape index (κ3) is 6.69. The molecule has 2 atom stereocenters. The van der Waals surface area contributed by atoms with Crippen LogP contribution in [-0.2, 0) is 16.1 Å². The topological polar surface area (TPSA) is 59.4 Å². The van der Waals surface area contributed by atoms with E-state index in [9.17, 15) is 4.79 Å². The Kier molecular flexibility index (Phi) is 7.02. The standard InChI is InChI=1S/C18H29N3O2/c1-14(2)12-21-8-9-23-18(13-21)11-19-10-16-4-6-17(7-5-16)20-15(3)22/h4-7,14,18-19H,8-13H2,1-3H3,(H,20,22)/p+2/t18-/m0/s1. The van der Waals surface area contributed by atoms with Crippen LogP contribution in [0.3, 0.4) is 0 Å². The van der Waals surface area contributed by atoms with Gasteiger partial charge in [0.15, 0.2) is 6.10 Å². The number of anilines is 1. The van der Waals surface area contributed by atoms with E-state index in [1.165, 1.54) is 19.0 Å². The first-order valence-electron chi connectivity index (χ1n) is 8.66. The third-order valence-electron chi connectivity index (χ3n) is 4.11. The van der Waals surface area contributed by atoms with E-state index in [-0.39, 0.29) is 5.91 Å². The highest BCUT2D eigenvalue weighted by atomic mass is 16.5. The van der Waals surface area contributed by atoms with Gasteiger partial charge in [-0.15, -0.1) is 0 Å². The van der Waals surface area contributed by atoms with Crippen molar-refractivity contribution in [3.05, 3.63) is 29.8 Å². The number of rotatable bonds is 7.